The zero-order valence-corrected chi connectivity index (χ0v) is 13.9. The topological polar surface area (TPSA) is 82.1 Å². The first-order chi connectivity index (χ1) is 12.0. The fraction of sp³-hybridized carbons (Fsp3) is 0.529. The van der Waals surface area contributed by atoms with Gasteiger partial charge in [0.2, 0.25) is 0 Å². The van der Waals surface area contributed by atoms with E-state index in [1.54, 1.807) is 6.07 Å². The lowest BCUT2D eigenvalue weighted by atomic mass is 10.1. The van der Waals surface area contributed by atoms with E-state index < -0.39 is 11.9 Å². The van der Waals surface area contributed by atoms with Crippen molar-refractivity contribution in [1.29, 1.82) is 0 Å². The maximum absolute atomic E-state index is 13.6. The largest absolute Gasteiger partial charge is 0.481 e. The van der Waals surface area contributed by atoms with Crippen LogP contribution in [0.25, 0.3) is 0 Å². The lowest BCUT2D eigenvalue weighted by molar-refractivity contribution is -0.141. The lowest BCUT2D eigenvalue weighted by Crippen LogP contribution is -2.40. The number of carbonyl (C=O) groups is 2. The van der Waals surface area contributed by atoms with Crippen molar-refractivity contribution in [3.05, 3.63) is 29.6 Å². The van der Waals surface area contributed by atoms with Gasteiger partial charge < -0.3 is 25.0 Å². The number of morpholine rings is 1. The summed E-state index contributed by atoms with van der Waals surface area (Å²) in [5.41, 5.74) is 1.58. The standard InChI is InChI=1S/C17H22FN3O4/c18-14-1-2-15(20-5-7-25-8-6-20)13(9-14)10-19-17(24)21-4-3-12(11-21)16(22)23/h1-2,9,12H,3-8,10-11H2,(H,19,24)(H,22,23). The van der Waals surface area contributed by atoms with E-state index in [0.29, 0.717) is 31.7 Å². The third kappa shape index (κ3) is 4.19. The molecule has 2 saturated heterocycles. The molecule has 1 unspecified atom stereocenters. The predicted octanol–water partition coefficient (Wildman–Crippen LogP) is 1.28. The third-order valence-corrected chi connectivity index (χ3v) is 4.65. The van der Waals surface area contributed by atoms with Gasteiger partial charge in [0.25, 0.3) is 0 Å². The number of benzene rings is 1. The maximum atomic E-state index is 13.6. The van der Waals surface area contributed by atoms with Crippen LogP contribution >= 0.6 is 0 Å². The van der Waals surface area contributed by atoms with Gasteiger partial charge in [0.1, 0.15) is 5.82 Å². The first kappa shape index (κ1) is 17.5. The van der Waals surface area contributed by atoms with Crippen molar-refractivity contribution in [2.75, 3.05) is 44.3 Å². The highest BCUT2D eigenvalue weighted by Gasteiger charge is 2.30. The highest BCUT2D eigenvalue weighted by Crippen LogP contribution is 2.23. The van der Waals surface area contributed by atoms with Crippen molar-refractivity contribution >= 4 is 17.7 Å². The van der Waals surface area contributed by atoms with E-state index >= 15 is 0 Å². The summed E-state index contributed by atoms with van der Waals surface area (Å²) in [5.74, 6) is -1.74. The van der Waals surface area contributed by atoms with Crippen LogP contribution in [0.1, 0.15) is 12.0 Å². The number of urea groups is 1. The Bertz CT molecular complexity index is 649. The van der Waals surface area contributed by atoms with Crippen molar-refractivity contribution in [2.24, 2.45) is 5.92 Å². The van der Waals surface area contributed by atoms with E-state index in [-0.39, 0.29) is 24.9 Å². The van der Waals surface area contributed by atoms with E-state index in [4.69, 9.17) is 9.84 Å². The van der Waals surface area contributed by atoms with Crippen LogP contribution in [0.3, 0.4) is 0 Å². The average Bonchev–Trinajstić information content (AvgIpc) is 3.11. The molecule has 2 heterocycles. The molecule has 1 aromatic rings. The zero-order chi connectivity index (χ0) is 17.8. The molecule has 1 aromatic carbocycles. The second-order valence-corrected chi connectivity index (χ2v) is 6.30. The second kappa shape index (κ2) is 7.69. The number of amides is 2. The number of carboxylic acids is 1. The molecule has 25 heavy (non-hydrogen) atoms. The number of anilines is 1. The number of hydrogen-bond acceptors (Lipinski definition) is 4. The monoisotopic (exact) mass is 351 g/mol. The Balaban J connectivity index is 1.63. The molecule has 8 heteroatoms. The van der Waals surface area contributed by atoms with E-state index in [0.717, 1.165) is 18.8 Å². The summed E-state index contributed by atoms with van der Waals surface area (Å²) >= 11 is 0. The van der Waals surface area contributed by atoms with Gasteiger partial charge in [0, 0.05) is 38.4 Å². The molecule has 2 aliphatic rings. The highest BCUT2D eigenvalue weighted by atomic mass is 19.1. The summed E-state index contributed by atoms with van der Waals surface area (Å²) in [5, 5.41) is 11.8. The molecule has 1 atom stereocenters. The minimum atomic E-state index is -0.880. The summed E-state index contributed by atoms with van der Waals surface area (Å²) < 4.78 is 19.0. The molecule has 136 valence electrons. The van der Waals surface area contributed by atoms with Crippen LogP contribution in [0, 0.1) is 11.7 Å². The number of carboxylic acid groups (broad SMARTS) is 1. The van der Waals surface area contributed by atoms with Crippen molar-refractivity contribution < 1.29 is 23.8 Å². The fourth-order valence-electron chi connectivity index (χ4n) is 3.24. The smallest absolute Gasteiger partial charge is 0.317 e. The number of rotatable bonds is 4. The van der Waals surface area contributed by atoms with Gasteiger partial charge in [0.15, 0.2) is 0 Å². The van der Waals surface area contributed by atoms with Crippen molar-refractivity contribution in [3.63, 3.8) is 0 Å². The Morgan fingerprint density at radius 1 is 1.28 bits per heavy atom. The van der Waals surface area contributed by atoms with E-state index in [2.05, 4.69) is 10.2 Å². The van der Waals surface area contributed by atoms with Gasteiger partial charge >= 0.3 is 12.0 Å². The number of nitrogens with zero attached hydrogens (tertiary/aromatic N) is 2. The van der Waals surface area contributed by atoms with Crippen LogP contribution in [0.15, 0.2) is 18.2 Å². The Kier molecular flexibility index (Phi) is 5.37. The Labute approximate surface area is 145 Å². The number of carbonyl (C=O) groups excluding carboxylic acids is 1. The molecule has 0 spiro atoms. The number of halogens is 1. The summed E-state index contributed by atoms with van der Waals surface area (Å²) in [6, 6.07) is 4.24. The number of nitrogens with one attached hydrogen (secondary N) is 1. The zero-order valence-electron chi connectivity index (χ0n) is 13.9. The van der Waals surface area contributed by atoms with Crippen LogP contribution in [-0.4, -0.2) is 61.4 Å². The molecule has 2 aliphatic heterocycles. The molecule has 0 saturated carbocycles. The quantitative estimate of drug-likeness (QED) is 0.854. The van der Waals surface area contributed by atoms with Crippen molar-refractivity contribution in [1.82, 2.24) is 10.2 Å². The van der Waals surface area contributed by atoms with Crippen LogP contribution < -0.4 is 10.2 Å². The molecule has 2 fully saturated rings. The van der Waals surface area contributed by atoms with Gasteiger partial charge in [-0.15, -0.1) is 0 Å². The maximum Gasteiger partial charge on any atom is 0.317 e. The van der Waals surface area contributed by atoms with Gasteiger partial charge in [-0.1, -0.05) is 0 Å². The Morgan fingerprint density at radius 2 is 2.04 bits per heavy atom. The van der Waals surface area contributed by atoms with Gasteiger partial charge in [-0.05, 0) is 30.2 Å². The minimum Gasteiger partial charge on any atom is -0.481 e. The molecule has 2 amide bonds. The molecule has 0 aliphatic carbocycles. The molecule has 2 N–H and O–H groups in total. The third-order valence-electron chi connectivity index (χ3n) is 4.65. The fourth-order valence-corrected chi connectivity index (χ4v) is 3.24. The Hall–Kier alpha value is -2.35. The molecular weight excluding hydrogens is 329 g/mol. The van der Waals surface area contributed by atoms with Gasteiger partial charge in [-0.2, -0.15) is 0 Å². The highest BCUT2D eigenvalue weighted by molar-refractivity contribution is 5.77. The molecular formula is C17H22FN3O4. The van der Waals surface area contributed by atoms with Crippen LogP contribution in [0.2, 0.25) is 0 Å². The first-order valence-electron chi connectivity index (χ1n) is 8.41. The summed E-state index contributed by atoms with van der Waals surface area (Å²) in [6.07, 6.45) is 0.460. The number of hydrogen-bond donors (Lipinski definition) is 2. The second-order valence-electron chi connectivity index (χ2n) is 6.30. The summed E-state index contributed by atoms with van der Waals surface area (Å²) in [7, 11) is 0. The predicted molar refractivity (Wildman–Crippen MR) is 89.0 cm³/mol. The van der Waals surface area contributed by atoms with Gasteiger partial charge in [-0.25, -0.2) is 9.18 Å². The molecule has 0 bridgehead atoms. The summed E-state index contributed by atoms with van der Waals surface area (Å²) in [6.45, 7) is 3.50. The molecule has 0 radical (unpaired) electrons. The summed E-state index contributed by atoms with van der Waals surface area (Å²) in [4.78, 5) is 26.8. The number of likely N-dealkylation sites (tertiary alicyclic amines) is 1. The minimum absolute atomic E-state index is 0.192. The van der Waals surface area contributed by atoms with Crippen molar-refractivity contribution in [2.45, 2.75) is 13.0 Å². The van der Waals surface area contributed by atoms with Crippen molar-refractivity contribution in [3.8, 4) is 0 Å². The first-order valence-corrected chi connectivity index (χ1v) is 8.41. The number of ether oxygens (including phenoxy) is 1. The van der Waals surface area contributed by atoms with Crippen LogP contribution in [-0.2, 0) is 16.1 Å². The lowest BCUT2D eigenvalue weighted by Gasteiger charge is -2.30. The molecule has 3 rings (SSSR count). The Morgan fingerprint density at radius 3 is 2.72 bits per heavy atom. The van der Waals surface area contributed by atoms with Crippen LogP contribution in [0.5, 0.6) is 0 Å². The van der Waals surface area contributed by atoms with E-state index in [1.165, 1.54) is 17.0 Å². The van der Waals surface area contributed by atoms with E-state index in [1.807, 2.05) is 0 Å². The van der Waals surface area contributed by atoms with Gasteiger partial charge in [0.05, 0.1) is 19.1 Å². The van der Waals surface area contributed by atoms with Crippen LogP contribution in [0.4, 0.5) is 14.9 Å². The molecule has 0 aromatic heterocycles. The number of aliphatic carboxylic acids is 1. The average molecular weight is 351 g/mol. The van der Waals surface area contributed by atoms with E-state index in [9.17, 15) is 14.0 Å². The normalized spacial score (nSPS) is 20.6. The SMILES string of the molecule is O=C(O)C1CCN(C(=O)NCc2cc(F)ccc2N2CCOCC2)C1. The molecule has 7 nitrogen and oxygen atoms in total. The van der Waals surface area contributed by atoms with Gasteiger partial charge in [-0.3, -0.25) is 4.79 Å².